The number of hydrogen-bond acceptors (Lipinski definition) is 3. The molecule has 1 aromatic carbocycles. The average Bonchev–Trinajstić information content (AvgIpc) is 3.18. The lowest BCUT2D eigenvalue weighted by molar-refractivity contribution is -0.139. The van der Waals surface area contributed by atoms with E-state index in [4.69, 9.17) is 17.3 Å². The molecule has 1 aliphatic rings. The van der Waals surface area contributed by atoms with Gasteiger partial charge in [-0.2, -0.15) is 13.2 Å². The van der Waals surface area contributed by atoms with Crippen LogP contribution in [0.2, 0.25) is 5.02 Å². The van der Waals surface area contributed by atoms with E-state index in [2.05, 4.69) is 4.72 Å². The van der Waals surface area contributed by atoms with Crippen LogP contribution in [0.5, 0.6) is 0 Å². The zero-order valence-corrected chi connectivity index (χ0v) is 12.4. The van der Waals surface area contributed by atoms with Crippen molar-refractivity contribution in [3.05, 3.63) is 28.8 Å². The van der Waals surface area contributed by atoms with Crippen molar-refractivity contribution in [1.29, 1.82) is 0 Å². The Labute approximate surface area is 125 Å². The first-order valence-corrected chi connectivity index (χ1v) is 8.10. The van der Waals surface area contributed by atoms with E-state index in [1.54, 1.807) is 0 Å². The molecule has 1 aromatic rings. The summed E-state index contributed by atoms with van der Waals surface area (Å²) in [4.78, 5) is -0.956. The highest BCUT2D eigenvalue weighted by molar-refractivity contribution is 7.89. The highest BCUT2D eigenvalue weighted by Gasteiger charge is 2.39. The second-order valence-electron chi connectivity index (χ2n) is 4.97. The molecule has 0 spiro atoms. The summed E-state index contributed by atoms with van der Waals surface area (Å²) < 4.78 is 65.1. The third-order valence-corrected chi connectivity index (χ3v) is 5.23. The second kappa shape index (κ2) is 5.75. The molecule has 0 amide bonds. The molecule has 1 fully saturated rings. The van der Waals surface area contributed by atoms with Crippen molar-refractivity contribution in [1.82, 2.24) is 4.72 Å². The van der Waals surface area contributed by atoms with Crippen LogP contribution in [0, 0.1) is 5.92 Å². The summed E-state index contributed by atoms with van der Waals surface area (Å²) in [5, 5.41) is -0.475. The van der Waals surface area contributed by atoms with Gasteiger partial charge in [0.15, 0.2) is 0 Å². The van der Waals surface area contributed by atoms with Gasteiger partial charge in [-0.3, -0.25) is 0 Å². The number of nitrogens with one attached hydrogen (secondary N) is 1. The Hall–Kier alpha value is -0.830. The van der Waals surface area contributed by atoms with Gasteiger partial charge in [0.2, 0.25) is 10.0 Å². The van der Waals surface area contributed by atoms with Crippen LogP contribution in [0.1, 0.15) is 18.4 Å². The molecular weight excluding hydrogens is 329 g/mol. The van der Waals surface area contributed by atoms with Crippen LogP contribution in [0.25, 0.3) is 0 Å². The van der Waals surface area contributed by atoms with Crippen molar-refractivity contribution in [3.63, 3.8) is 0 Å². The molecule has 4 nitrogen and oxygen atoms in total. The van der Waals surface area contributed by atoms with Crippen LogP contribution in [0.4, 0.5) is 13.2 Å². The van der Waals surface area contributed by atoms with E-state index in [0.717, 1.165) is 25.0 Å². The van der Waals surface area contributed by atoms with E-state index in [0.29, 0.717) is 6.07 Å². The maximum Gasteiger partial charge on any atom is 0.417 e. The molecule has 21 heavy (non-hydrogen) atoms. The summed E-state index contributed by atoms with van der Waals surface area (Å²) in [6.07, 6.45) is -3.00. The highest BCUT2D eigenvalue weighted by Crippen LogP contribution is 2.37. The average molecular weight is 343 g/mol. The minimum absolute atomic E-state index is 0.116. The number of nitrogens with two attached hydrogens (primary N) is 1. The molecule has 0 aromatic heterocycles. The molecule has 0 saturated heterocycles. The van der Waals surface area contributed by atoms with Gasteiger partial charge in [-0.15, -0.1) is 0 Å². The van der Waals surface area contributed by atoms with Crippen LogP contribution in [-0.4, -0.2) is 21.0 Å². The molecule has 0 bridgehead atoms. The molecule has 9 heteroatoms. The molecule has 1 unspecified atom stereocenters. The maximum absolute atomic E-state index is 12.9. The van der Waals surface area contributed by atoms with Gasteiger partial charge in [0.25, 0.3) is 0 Å². The third kappa shape index (κ3) is 3.88. The van der Waals surface area contributed by atoms with Crippen LogP contribution in [0.15, 0.2) is 23.1 Å². The van der Waals surface area contributed by atoms with Crippen LogP contribution < -0.4 is 10.5 Å². The SMILES string of the molecule is NC(CNS(=O)(=O)c1c(Cl)cccc1C(F)(F)F)C1CC1. The lowest BCUT2D eigenvalue weighted by Crippen LogP contribution is -2.39. The van der Waals surface area contributed by atoms with Crippen molar-refractivity contribution in [2.24, 2.45) is 11.7 Å². The number of halogens is 4. The fraction of sp³-hybridized carbons (Fsp3) is 0.500. The zero-order chi connectivity index (χ0) is 15.8. The van der Waals surface area contributed by atoms with Crippen molar-refractivity contribution in [2.45, 2.75) is 30.0 Å². The van der Waals surface area contributed by atoms with Crippen molar-refractivity contribution in [2.75, 3.05) is 6.54 Å². The fourth-order valence-corrected chi connectivity index (χ4v) is 3.81. The van der Waals surface area contributed by atoms with Gasteiger partial charge < -0.3 is 5.73 Å². The predicted molar refractivity (Wildman–Crippen MR) is 72.3 cm³/mol. The van der Waals surface area contributed by atoms with Gasteiger partial charge in [-0.05, 0) is 30.9 Å². The van der Waals surface area contributed by atoms with Gasteiger partial charge in [0, 0.05) is 12.6 Å². The fourth-order valence-electron chi connectivity index (χ4n) is 1.97. The number of alkyl halides is 3. The summed E-state index contributed by atoms with van der Waals surface area (Å²) in [5.41, 5.74) is 4.45. The molecule has 0 heterocycles. The monoisotopic (exact) mass is 342 g/mol. The quantitative estimate of drug-likeness (QED) is 0.863. The first-order valence-electron chi connectivity index (χ1n) is 6.24. The van der Waals surface area contributed by atoms with E-state index in [-0.39, 0.29) is 12.5 Å². The minimum Gasteiger partial charge on any atom is -0.326 e. The lowest BCUT2D eigenvalue weighted by atomic mass is 10.2. The van der Waals surface area contributed by atoms with E-state index >= 15 is 0 Å². The molecule has 1 saturated carbocycles. The van der Waals surface area contributed by atoms with E-state index in [1.165, 1.54) is 0 Å². The van der Waals surface area contributed by atoms with Crippen molar-refractivity contribution >= 4 is 21.6 Å². The molecule has 0 aliphatic heterocycles. The lowest BCUT2D eigenvalue weighted by Gasteiger charge is -2.17. The Morgan fingerprint density at radius 1 is 1.38 bits per heavy atom. The Kier molecular flexibility index (Phi) is 4.53. The number of benzene rings is 1. The standard InChI is InChI=1S/C12H14ClF3N2O2S/c13-9-3-1-2-8(12(14,15)16)11(9)21(19,20)18-6-10(17)7-4-5-7/h1-3,7,10,18H,4-6,17H2. The van der Waals surface area contributed by atoms with Gasteiger partial charge >= 0.3 is 6.18 Å². The Bertz CT molecular complexity index is 630. The normalized spacial score (nSPS) is 17.8. The van der Waals surface area contributed by atoms with Crippen LogP contribution in [0.3, 0.4) is 0 Å². The second-order valence-corrected chi connectivity index (χ2v) is 7.08. The van der Waals surface area contributed by atoms with Gasteiger partial charge in [-0.25, -0.2) is 13.1 Å². The number of hydrogen-bond donors (Lipinski definition) is 2. The summed E-state index contributed by atoms with van der Waals surface area (Å²) >= 11 is 5.66. The van der Waals surface area contributed by atoms with Crippen molar-refractivity contribution < 1.29 is 21.6 Å². The molecule has 3 N–H and O–H groups in total. The van der Waals surface area contributed by atoms with Gasteiger partial charge in [0.1, 0.15) is 4.90 Å². The van der Waals surface area contributed by atoms with Crippen LogP contribution >= 0.6 is 11.6 Å². The van der Waals surface area contributed by atoms with Crippen LogP contribution in [-0.2, 0) is 16.2 Å². The summed E-state index contributed by atoms with van der Waals surface area (Å²) in [6.45, 7) is -0.116. The van der Waals surface area contributed by atoms with E-state index < -0.39 is 37.7 Å². The smallest absolute Gasteiger partial charge is 0.326 e. The minimum atomic E-state index is -4.81. The predicted octanol–water partition coefficient (Wildman–Crippen LogP) is 2.37. The first-order chi connectivity index (χ1) is 9.63. The van der Waals surface area contributed by atoms with E-state index in [1.807, 2.05) is 0 Å². The first kappa shape index (κ1) is 16.5. The molecule has 118 valence electrons. The highest BCUT2D eigenvalue weighted by atomic mass is 35.5. The summed E-state index contributed by atoms with van der Waals surface area (Å²) in [6, 6.07) is 2.43. The maximum atomic E-state index is 12.9. The van der Waals surface area contributed by atoms with Crippen molar-refractivity contribution in [3.8, 4) is 0 Å². The van der Waals surface area contributed by atoms with E-state index in [9.17, 15) is 21.6 Å². The molecule has 1 aliphatic carbocycles. The Morgan fingerprint density at radius 3 is 2.52 bits per heavy atom. The largest absolute Gasteiger partial charge is 0.417 e. The van der Waals surface area contributed by atoms with Gasteiger partial charge in [-0.1, -0.05) is 17.7 Å². The zero-order valence-electron chi connectivity index (χ0n) is 10.8. The molecule has 1 atom stereocenters. The Balaban J connectivity index is 2.30. The number of rotatable bonds is 5. The summed E-state index contributed by atoms with van der Waals surface area (Å²) in [7, 11) is -4.39. The molecular formula is C12H14ClF3N2O2S. The molecule has 0 radical (unpaired) electrons. The summed E-state index contributed by atoms with van der Waals surface area (Å²) in [5.74, 6) is 0.223. The third-order valence-electron chi connectivity index (χ3n) is 3.28. The number of sulfonamides is 1. The molecule has 2 rings (SSSR count). The topological polar surface area (TPSA) is 72.2 Å². The van der Waals surface area contributed by atoms with Gasteiger partial charge in [0.05, 0.1) is 10.6 Å². The Morgan fingerprint density at radius 2 is 2.00 bits per heavy atom.